The molecule has 1 fully saturated rings. The molecule has 0 amide bonds. The van der Waals surface area contributed by atoms with Crippen molar-refractivity contribution in [2.75, 3.05) is 160 Å². The molecule has 0 aromatic rings. The number of methoxy groups -OCH3 is 4. The van der Waals surface area contributed by atoms with Gasteiger partial charge in [-0.15, -0.1) is 0 Å². The van der Waals surface area contributed by atoms with Gasteiger partial charge in [0.05, 0.1) is 130 Å². The van der Waals surface area contributed by atoms with Gasteiger partial charge in [-0.3, -0.25) is 14.4 Å². The third-order valence-corrected chi connectivity index (χ3v) is 9.32. The maximum atomic E-state index is 12.4. The molecule has 0 saturated heterocycles. The quantitative estimate of drug-likeness (QED) is 0.0649. The zero-order chi connectivity index (χ0) is 40.2. The van der Waals surface area contributed by atoms with Crippen LogP contribution in [0.4, 0.5) is 0 Å². The van der Waals surface area contributed by atoms with Gasteiger partial charge < -0.3 is 61.6 Å². The summed E-state index contributed by atoms with van der Waals surface area (Å²) in [4.78, 5) is 37.0. The topological polar surface area (TPSA) is 171 Å². The van der Waals surface area contributed by atoms with E-state index in [0.29, 0.717) is 145 Å². The van der Waals surface area contributed by atoms with Crippen molar-refractivity contribution in [2.45, 2.75) is 62.1 Å². The highest BCUT2D eigenvalue weighted by atomic mass is 32.2. The lowest BCUT2D eigenvalue weighted by Gasteiger charge is -2.21. The maximum Gasteiger partial charge on any atom is 0.156 e. The molecule has 16 nitrogen and oxygen atoms in total. The molecule has 0 aromatic carbocycles. The number of carbonyl (C=O) groups is 3. The van der Waals surface area contributed by atoms with E-state index < -0.39 is 5.92 Å². The van der Waals surface area contributed by atoms with Crippen LogP contribution in [0.2, 0.25) is 0 Å². The van der Waals surface area contributed by atoms with E-state index >= 15 is 0 Å². The molecule has 1 aliphatic rings. The van der Waals surface area contributed by atoms with Crippen LogP contribution in [-0.2, 0) is 76.0 Å². The summed E-state index contributed by atoms with van der Waals surface area (Å²) in [5.74, 6) is -0.639. The van der Waals surface area contributed by atoms with Crippen molar-refractivity contribution in [3.63, 3.8) is 0 Å². The van der Waals surface area contributed by atoms with Gasteiger partial charge in [0, 0.05) is 54.3 Å². The predicted octanol–water partition coefficient (Wildman–Crippen LogP) is 2.24. The normalized spacial score (nSPS) is 17.6. The van der Waals surface area contributed by atoms with Crippen molar-refractivity contribution < 1.29 is 76.0 Å². The minimum Gasteiger partial charge on any atom is -0.382 e. The first-order valence-corrected chi connectivity index (χ1v) is 20.6. The van der Waals surface area contributed by atoms with Crippen LogP contribution in [0.3, 0.4) is 0 Å². The summed E-state index contributed by atoms with van der Waals surface area (Å²) in [5.41, 5.74) is 0. The molecule has 324 valence electrons. The first-order valence-electron chi connectivity index (χ1n) is 19.3. The van der Waals surface area contributed by atoms with Crippen LogP contribution in [0.25, 0.3) is 0 Å². The van der Waals surface area contributed by atoms with Crippen molar-refractivity contribution in [1.82, 2.24) is 0 Å². The van der Waals surface area contributed by atoms with Crippen LogP contribution >= 0.6 is 11.8 Å². The molecule has 0 N–H and O–H groups in total. The Morgan fingerprint density at radius 1 is 0.545 bits per heavy atom. The van der Waals surface area contributed by atoms with Gasteiger partial charge in [-0.25, -0.2) is 0 Å². The number of rotatable bonds is 42. The van der Waals surface area contributed by atoms with E-state index in [9.17, 15) is 14.4 Å². The van der Waals surface area contributed by atoms with Crippen LogP contribution in [0.1, 0.15) is 38.5 Å². The molecule has 5 atom stereocenters. The van der Waals surface area contributed by atoms with Crippen molar-refractivity contribution in [1.29, 1.82) is 0 Å². The van der Waals surface area contributed by atoms with E-state index in [4.69, 9.17) is 61.6 Å². The summed E-state index contributed by atoms with van der Waals surface area (Å²) >= 11 is 1.41. The summed E-state index contributed by atoms with van der Waals surface area (Å²) in [6.45, 7) is 7.48. The van der Waals surface area contributed by atoms with Gasteiger partial charge in [0.25, 0.3) is 0 Å². The molecule has 0 aromatic heterocycles. The molecule has 5 unspecified atom stereocenters. The second kappa shape index (κ2) is 37.1. The third-order valence-electron chi connectivity index (χ3n) is 8.35. The van der Waals surface area contributed by atoms with Crippen LogP contribution in [0.15, 0.2) is 0 Å². The van der Waals surface area contributed by atoms with Crippen molar-refractivity contribution in [3.8, 4) is 0 Å². The summed E-state index contributed by atoms with van der Waals surface area (Å²) in [7, 11) is 6.48. The standard InChI is InChI=1S/C38H70O16S/c1-42-12-16-47-26-33(52-21-14-44-3)29-50-19-18-49-28-32(54-23-20-51-30-34(53-22-15-45-4)27-48-17-13-43-2)25-46-11-7-6-8-31(39)9-10-35-36(40)24-37(55-5)38(35)41/h32-35,37H,6-30H2,1-5H3. The number of unbranched alkanes of at least 4 members (excludes halogenated alkanes) is 1. The lowest BCUT2D eigenvalue weighted by molar-refractivity contribution is -0.127. The van der Waals surface area contributed by atoms with Crippen LogP contribution in [0, 0.1) is 5.92 Å². The van der Waals surface area contributed by atoms with Gasteiger partial charge in [-0.05, 0) is 25.5 Å². The fraction of sp³-hybridized carbons (Fsp3) is 0.921. The minimum atomic E-state index is -0.625. The zero-order valence-corrected chi connectivity index (χ0v) is 34.8. The van der Waals surface area contributed by atoms with E-state index in [1.165, 1.54) is 11.8 Å². The summed E-state index contributed by atoms with van der Waals surface area (Å²) in [6.07, 6.45) is 3.53. The molecule has 1 aliphatic carbocycles. The smallest absolute Gasteiger partial charge is 0.156 e. The molecule has 0 heterocycles. The van der Waals surface area contributed by atoms with Gasteiger partial charge in [0.1, 0.15) is 29.9 Å². The monoisotopic (exact) mass is 814 g/mol. The van der Waals surface area contributed by atoms with Crippen molar-refractivity contribution in [2.24, 2.45) is 5.92 Å². The Labute approximate surface area is 332 Å². The van der Waals surface area contributed by atoms with Gasteiger partial charge in [0.2, 0.25) is 0 Å². The molecule has 0 aliphatic heterocycles. The molecule has 1 saturated carbocycles. The first kappa shape index (κ1) is 51.9. The van der Waals surface area contributed by atoms with Gasteiger partial charge >= 0.3 is 0 Å². The highest BCUT2D eigenvalue weighted by Gasteiger charge is 2.40. The van der Waals surface area contributed by atoms with Gasteiger partial charge in [-0.1, -0.05) is 0 Å². The molecular formula is C38H70O16S. The zero-order valence-electron chi connectivity index (χ0n) is 34.0. The largest absolute Gasteiger partial charge is 0.382 e. The number of ether oxygens (including phenoxy) is 13. The van der Waals surface area contributed by atoms with Crippen LogP contribution in [-0.4, -0.2) is 201 Å². The van der Waals surface area contributed by atoms with Crippen molar-refractivity contribution >= 4 is 29.1 Å². The van der Waals surface area contributed by atoms with E-state index in [-0.39, 0.29) is 60.4 Å². The fourth-order valence-corrected chi connectivity index (χ4v) is 5.99. The molecule has 1 rings (SSSR count). The lowest BCUT2D eigenvalue weighted by atomic mass is 9.97. The lowest BCUT2D eigenvalue weighted by Crippen LogP contribution is -2.31. The van der Waals surface area contributed by atoms with E-state index in [0.717, 1.165) is 0 Å². The number of hydrogen-bond donors (Lipinski definition) is 0. The Hall–Kier alpha value is -1.16. The third kappa shape index (κ3) is 28.0. The fourth-order valence-electron chi connectivity index (χ4n) is 5.26. The number of hydrogen-bond acceptors (Lipinski definition) is 17. The molecule has 0 radical (unpaired) electrons. The van der Waals surface area contributed by atoms with E-state index in [2.05, 4.69) is 0 Å². The Kier molecular flexibility index (Phi) is 35.0. The van der Waals surface area contributed by atoms with E-state index in [1.54, 1.807) is 28.4 Å². The first-order chi connectivity index (χ1) is 26.9. The average Bonchev–Trinajstić information content (AvgIpc) is 3.46. The Morgan fingerprint density at radius 2 is 0.927 bits per heavy atom. The van der Waals surface area contributed by atoms with E-state index in [1.807, 2.05) is 6.26 Å². The molecule has 55 heavy (non-hydrogen) atoms. The second-order valence-electron chi connectivity index (χ2n) is 12.8. The molecule has 17 heteroatoms. The summed E-state index contributed by atoms with van der Waals surface area (Å²) in [5, 5.41) is -0.264. The van der Waals surface area contributed by atoms with Crippen LogP contribution in [0.5, 0.6) is 0 Å². The summed E-state index contributed by atoms with van der Waals surface area (Å²) < 4.78 is 72.5. The number of thioether (sulfide) groups is 1. The van der Waals surface area contributed by atoms with Gasteiger partial charge in [-0.2, -0.15) is 11.8 Å². The van der Waals surface area contributed by atoms with Crippen molar-refractivity contribution in [3.05, 3.63) is 0 Å². The second-order valence-corrected chi connectivity index (χ2v) is 13.8. The molecular weight excluding hydrogens is 744 g/mol. The Bertz CT molecular complexity index is 931. The Balaban J connectivity index is 2.47. The highest BCUT2D eigenvalue weighted by Crippen LogP contribution is 2.30. The number of carbonyl (C=O) groups excluding carboxylic acids is 3. The predicted molar refractivity (Wildman–Crippen MR) is 205 cm³/mol. The average molecular weight is 815 g/mol. The highest BCUT2D eigenvalue weighted by molar-refractivity contribution is 8.00. The number of Topliss-reactive ketones (excluding diaryl/α,β-unsaturated/α-hetero) is 3. The Morgan fingerprint density at radius 3 is 1.35 bits per heavy atom. The molecule has 0 bridgehead atoms. The SMILES string of the molecule is COCCOCC(COCCOCC(COCCCCC(=O)CCC1C(=O)CC(SC)C1=O)OCCOCC(COCCOC)OCCOC)OCCOC. The van der Waals surface area contributed by atoms with Gasteiger partial charge in [0.15, 0.2) is 5.78 Å². The molecule has 0 spiro atoms. The maximum absolute atomic E-state index is 12.4. The number of ketones is 3. The minimum absolute atomic E-state index is 0.0329. The van der Waals surface area contributed by atoms with Crippen LogP contribution < -0.4 is 0 Å². The summed E-state index contributed by atoms with van der Waals surface area (Å²) in [6, 6.07) is 0.